The van der Waals surface area contributed by atoms with Gasteiger partial charge in [-0.2, -0.15) is 0 Å². The number of hydrogen-bond acceptors (Lipinski definition) is 3. The van der Waals surface area contributed by atoms with E-state index in [0.29, 0.717) is 6.04 Å². The summed E-state index contributed by atoms with van der Waals surface area (Å²) in [6.45, 7) is 2.31. The summed E-state index contributed by atoms with van der Waals surface area (Å²) >= 11 is 0. The first-order chi connectivity index (χ1) is 6.93. The summed E-state index contributed by atoms with van der Waals surface area (Å²) in [4.78, 5) is 6.67. The molecule has 14 heavy (non-hydrogen) atoms. The highest BCUT2D eigenvalue weighted by Crippen LogP contribution is 2.27. The average Bonchev–Trinajstić information content (AvgIpc) is 2.62. The van der Waals surface area contributed by atoms with Crippen LogP contribution < -0.4 is 10.2 Å². The average molecular weight is 189 g/mol. The second kappa shape index (κ2) is 3.24. The number of hydrogen-bond donors (Lipinski definition) is 1. The van der Waals surface area contributed by atoms with Crippen LogP contribution in [0.4, 0.5) is 5.69 Å². The number of nitrogens with one attached hydrogen (secondary N) is 1. The molecule has 0 radical (unpaired) electrons. The van der Waals surface area contributed by atoms with Crippen LogP contribution in [0, 0.1) is 0 Å². The second-order valence-corrected chi connectivity index (χ2v) is 4.19. The Morgan fingerprint density at radius 2 is 2.50 bits per heavy atom. The van der Waals surface area contributed by atoms with E-state index in [1.807, 2.05) is 18.5 Å². The zero-order valence-electron chi connectivity index (χ0n) is 8.19. The molecule has 3 heteroatoms. The quantitative estimate of drug-likeness (QED) is 0.715. The third-order valence-electron chi connectivity index (χ3n) is 3.34. The zero-order valence-corrected chi connectivity index (χ0v) is 8.19. The molecule has 2 atom stereocenters. The maximum atomic E-state index is 4.18. The summed E-state index contributed by atoms with van der Waals surface area (Å²) in [6.07, 6.45) is 6.38. The standard InChI is InChI=1S/C11H15N3/c1-2-10(7-12-4-1)14-5-3-9-6-11(14)8-13-9/h1-2,4,7,9,11,13H,3,5-6,8H2. The predicted molar refractivity (Wildman–Crippen MR) is 56.4 cm³/mol. The van der Waals surface area contributed by atoms with Crippen molar-refractivity contribution in [3.05, 3.63) is 24.5 Å². The molecule has 0 spiro atoms. The van der Waals surface area contributed by atoms with E-state index >= 15 is 0 Å². The molecule has 0 amide bonds. The van der Waals surface area contributed by atoms with Crippen LogP contribution in [0.15, 0.2) is 24.5 Å². The van der Waals surface area contributed by atoms with Gasteiger partial charge in [-0.3, -0.25) is 4.98 Å². The second-order valence-electron chi connectivity index (χ2n) is 4.19. The fourth-order valence-electron chi connectivity index (χ4n) is 2.60. The molecule has 1 aromatic heterocycles. The van der Waals surface area contributed by atoms with Crippen molar-refractivity contribution >= 4 is 5.69 Å². The van der Waals surface area contributed by atoms with Crippen molar-refractivity contribution in [1.29, 1.82) is 0 Å². The minimum Gasteiger partial charge on any atom is -0.366 e. The van der Waals surface area contributed by atoms with E-state index in [1.165, 1.54) is 25.1 Å². The van der Waals surface area contributed by atoms with Crippen LogP contribution in [0.25, 0.3) is 0 Å². The Balaban J connectivity index is 1.85. The van der Waals surface area contributed by atoms with Crippen LogP contribution in [0.2, 0.25) is 0 Å². The van der Waals surface area contributed by atoms with E-state index in [1.54, 1.807) is 0 Å². The fourth-order valence-corrected chi connectivity index (χ4v) is 2.60. The Labute approximate surface area is 84.1 Å². The third-order valence-corrected chi connectivity index (χ3v) is 3.34. The molecule has 3 heterocycles. The monoisotopic (exact) mass is 189 g/mol. The van der Waals surface area contributed by atoms with Crippen molar-refractivity contribution < 1.29 is 0 Å². The molecule has 2 aliphatic heterocycles. The minimum atomic E-state index is 0.693. The normalized spacial score (nSPS) is 30.7. The lowest BCUT2D eigenvalue weighted by Crippen LogP contribution is -2.40. The van der Waals surface area contributed by atoms with Crippen molar-refractivity contribution in [2.75, 3.05) is 18.0 Å². The smallest absolute Gasteiger partial charge is 0.0555 e. The third kappa shape index (κ3) is 1.28. The SMILES string of the molecule is c1cncc(N2CCC3CC2CN3)c1. The van der Waals surface area contributed by atoms with Gasteiger partial charge in [-0.05, 0) is 25.0 Å². The summed E-state index contributed by atoms with van der Waals surface area (Å²) in [5.74, 6) is 0. The Morgan fingerprint density at radius 1 is 1.50 bits per heavy atom. The van der Waals surface area contributed by atoms with E-state index in [2.05, 4.69) is 21.3 Å². The number of pyridine rings is 1. The van der Waals surface area contributed by atoms with Crippen molar-refractivity contribution in [2.45, 2.75) is 24.9 Å². The van der Waals surface area contributed by atoms with Gasteiger partial charge in [0.15, 0.2) is 0 Å². The summed E-state index contributed by atoms with van der Waals surface area (Å²) in [5.41, 5.74) is 1.28. The first-order valence-electron chi connectivity index (χ1n) is 5.33. The van der Waals surface area contributed by atoms with Crippen LogP contribution in [-0.4, -0.2) is 30.2 Å². The van der Waals surface area contributed by atoms with Crippen LogP contribution in [0.3, 0.4) is 0 Å². The molecule has 0 aromatic carbocycles. The van der Waals surface area contributed by atoms with Crippen LogP contribution in [0.1, 0.15) is 12.8 Å². The number of nitrogens with zero attached hydrogens (tertiary/aromatic N) is 2. The predicted octanol–water partition coefficient (Wildman–Crippen LogP) is 1.02. The van der Waals surface area contributed by atoms with E-state index in [9.17, 15) is 0 Å². The van der Waals surface area contributed by atoms with Crippen LogP contribution in [0.5, 0.6) is 0 Å². The van der Waals surface area contributed by atoms with Crippen LogP contribution in [-0.2, 0) is 0 Å². The highest BCUT2D eigenvalue weighted by molar-refractivity contribution is 5.46. The lowest BCUT2D eigenvalue weighted by molar-refractivity contribution is 0.490. The molecule has 3 rings (SSSR count). The lowest BCUT2D eigenvalue weighted by atomic mass is 10.0. The molecule has 74 valence electrons. The number of fused-ring (bicyclic) bond motifs is 2. The molecular weight excluding hydrogens is 174 g/mol. The Morgan fingerprint density at radius 3 is 3.36 bits per heavy atom. The summed E-state index contributed by atoms with van der Waals surface area (Å²) in [6, 6.07) is 5.64. The van der Waals surface area contributed by atoms with Crippen LogP contribution >= 0.6 is 0 Å². The highest BCUT2D eigenvalue weighted by atomic mass is 15.2. The largest absolute Gasteiger partial charge is 0.366 e. The number of rotatable bonds is 1. The molecule has 0 saturated carbocycles. The first-order valence-corrected chi connectivity index (χ1v) is 5.33. The van der Waals surface area contributed by atoms with Gasteiger partial charge in [-0.15, -0.1) is 0 Å². The van der Waals surface area contributed by atoms with Gasteiger partial charge in [0, 0.05) is 31.4 Å². The maximum Gasteiger partial charge on any atom is 0.0555 e. The van der Waals surface area contributed by atoms with Gasteiger partial charge in [-0.1, -0.05) is 0 Å². The minimum absolute atomic E-state index is 0.693. The Kier molecular flexibility index (Phi) is 1.91. The lowest BCUT2D eigenvalue weighted by Gasteiger charge is -2.34. The highest BCUT2D eigenvalue weighted by Gasteiger charge is 2.33. The van der Waals surface area contributed by atoms with Gasteiger partial charge >= 0.3 is 0 Å². The topological polar surface area (TPSA) is 28.2 Å². The van der Waals surface area contributed by atoms with E-state index in [4.69, 9.17) is 0 Å². The summed E-state index contributed by atoms with van der Waals surface area (Å²) in [5, 5.41) is 3.56. The Hall–Kier alpha value is -1.09. The van der Waals surface area contributed by atoms with Gasteiger partial charge in [0.1, 0.15) is 0 Å². The number of anilines is 1. The fraction of sp³-hybridized carbons (Fsp3) is 0.545. The number of aromatic nitrogens is 1. The molecule has 1 N–H and O–H groups in total. The van der Waals surface area contributed by atoms with E-state index in [0.717, 1.165) is 12.6 Å². The Bertz CT molecular complexity index is 312. The number of piperidine rings is 1. The van der Waals surface area contributed by atoms with E-state index < -0.39 is 0 Å². The van der Waals surface area contributed by atoms with Crippen molar-refractivity contribution in [1.82, 2.24) is 10.3 Å². The van der Waals surface area contributed by atoms with Gasteiger partial charge in [0.2, 0.25) is 0 Å². The molecule has 2 saturated heterocycles. The van der Waals surface area contributed by atoms with Gasteiger partial charge in [0.25, 0.3) is 0 Å². The van der Waals surface area contributed by atoms with Gasteiger partial charge in [-0.25, -0.2) is 0 Å². The molecule has 2 aliphatic rings. The molecule has 2 unspecified atom stereocenters. The van der Waals surface area contributed by atoms with Crippen molar-refractivity contribution in [3.63, 3.8) is 0 Å². The zero-order chi connectivity index (χ0) is 9.38. The summed E-state index contributed by atoms with van der Waals surface area (Å²) < 4.78 is 0. The maximum absolute atomic E-state index is 4.18. The van der Waals surface area contributed by atoms with Crippen molar-refractivity contribution in [2.24, 2.45) is 0 Å². The van der Waals surface area contributed by atoms with Gasteiger partial charge in [0.05, 0.1) is 11.9 Å². The molecule has 1 aromatic rings. The summed E-state index contributed by atoms with van der Waals surface area (Å²) in [7, 11) is 0. The molecule has 3 nitrogen and oxygen atoms in total. The molecule has 2 bridgehead atoms. The molecule has 0 aliphatic carbocycles. The van der Waals surface area contributed by atoms with Gasteiger partial charge < -0.3 is 10.2 Å². The van der Waals surface area contributed by atoms with Crippen molar-refractivity contribution in [3.8, 4) is 0 Å². The molecule has 2 fully saturated rings. The van der Waals surface area contributed by atoms with E-state index in [-0.39, 0.29) is 0 Å². The molecular formula is C11H15N3. The first kappa shape index (κ1) is 8.24.